The Morgan fingerprint density at radius 2 is 2.18 bits per heavy atom. The molecule has 0 bridgehead atoms. The molecule has 17 heavy (non-hydrogen) atoms. The lowest BCUT2D eigenvalue weighted by molar-refractivity contribution is 0.128. The standard InChI is InChI=1S/C15H22O2/c1-11-3-4-13(7-12(11)2)8-15(16)9-14-5-6-17-10-14/h3-4,7,14-16H,5-6,8-10H2,1-2H3. The summed E-state index contributed by atoms with van der Waals surface area (Å²) in [6.07, 6.45) is 2.50. The molecule has 0 saturated carbocycles. The van der Waals surface area contributed by atoms with Crippen molar-refractivity contribution in [2.24, 2.45) is 5.92 Å². The van der Waals surface area contributed by atoms with Crippen molar-refractivity contribution in [3.8, 4) is 0 Å². The summed E-state index contributed by atoms with van der Waals surface area (Å²) in [6.45, 7) is 5.92. The molecule has 1 fully saturated rings. The molecule has 0 aromatic heterocycles. The maximum Gasteiger partial charge on any atom is 0.0584 e. The second-order valence-electron chi connectivity index (χ2n) is 5.24. The predicted molar refractivity (Wildman–Crippen MR) is 69.2 cm³/mol. The monoisotopic (exact) mass is 234 g/mol. The first-order valence-electron chi connectivity index (χ1n) is 6.47. The highest BCUT2D eigenvalue weighted by atomic mass is 16.5. The Balaban J connectivity index is 1.88. The summed E-state index contributed by atoms with van der Waals surface area (Å²) in [7, 11) is 0. The van der Waals surface area contributed by atoms with Crippen molar-refractivity contribution in [2.75, 3.05) is 13.2 Å². The zero-order chi connectivity index (χ0) is 12.3. The number of aliphatic hydroxyl groups is 1. The largest absolute Gasteiger partial charge is 0.393 e. The van der Waals surface area contributed by atoms with E-state index >= 15 is 0 Å². The summed E-state index contributed by atoms with van der Waals surface area (Å²) in [4.78, 5) is 0. The van der Waals surface area contributed by atoms with E-state index in [0.29, 0.717) is 5.92 Å². The van der Waals surface area contributed by atoms with Gasteiger partial charge in [-0.25, -0.2) is 0 Å². The smallest absolute Gasteiger partial charge is 0.0584 e. The van der Waals surface area contributed by atoms with Crippen LogP contribution in [0.1, 0.15) is 29.5 Å². The molecule has 1 saturated heterocycles. The Bertz CT molecular complexity index is 367. The van der Waals surface area contributed by atoms with Crippen molar-refractivity contribution in [1.82, 2.24) is 0 Å². The van der Waals surface area contributed by atoms with Crippen LogP contribution in [-0.4, -0.2) is 24.4 Å². The van der Waals surface area contributed by atoms with Gasteiger partial charge in [0, 0.05) is 13.2 Å². The van der Waals surface area contributed by atoms with Crippen LogP contribution in [0.25, 0.3) is 0 Å². The third-order valence-corrected chi connectivity index (χ3v) is 3.67. The molecule has 1 aromatic carbocycles. The van der Waals surface area contributed by atoms with Crippen LogP contribution in [0.4, 0.5) is 0 Å². The Morgan fingerprint density at radius 3 is 2.82 bits per heavy atom. The van der Waals surface area contributed by atoms with E-state index < -0.39 is 0 Å². The van der Waals surface area contributed by atoms with E-state index in [2.05, 4.69) is 32.0 Å². The zero-order valence-corrected chi connectivity index (χ0v) is 10.8. The van der Waals surface area contributed by atoms with Gasteiger partial charge in [-0.15, -0.1) is 0 Å². The van der Waals surface area contributed by atoms with Gasteiger partial charge in [-0.05, 0) is 55.7 Å². The first kappa shape index (κ1) is 12.6. The van der Waals surface area contributed by atoms with Crippen molar-refractivity contribution < 1.29 is 9.84 Å². The first-order chi connectivity index (χ1) is 8.15. The molecule has 2 nitrogen and oxygen atoms in total. The Kier molecular flexibility index (Phi) is 4.19. The summed E-state index contributed by atoms with van der Waals surface area (Å²) in [5.74, 6) is 0.552. The van der Waals surface area contributed by atoms with Gasteiger partial charge in [-0.2, -0.15) is 0 Å². The Morgan fingerprint density at radius 1 is 1.35 bits per heavy atom. The molecule has 0 radical (unpaired) electrons. The van der Waals surface area contributed by atoms with Crippen LogP contribution in [0, 0.1) is 19.8 Å². The van der Waals surface area contributed by atoms with Crippen molar-refractivity contribution in [3.05, 3.63) is 34.9 Å². The van der Waals surface area contributed by atoms with Gasteiger partial charge < -0.3 is 9.84 Å². The molecule has 0 amide bonds. The SMILES string of the molecule is Cc1ccc(CC(O)CC2CCOC2)cc1C. The molecule has 1 aromatic rings. The zero-order valence-electron chi connectivity index (χ0n) is 10.8. The van der Waals surface area contributed by atoms with Gasteiger partial charge in [0.2, 0.25) is 0 Å². The summed E-state index contributed by atoms with van der Waals surface area (Å²) in [5, 5.41) is 10.1. The second-order valence-corrected chi connectivity index (χ2v) is 5.24. The molecule has 0 spiro atoms. The highest BCUT2D eigenvalue weighted by Gasteiger charge is 2.19. The van der Waals surface area contributed by atoms with Crippen molar-refractivity contribution in [3.63, 3.8) is 0 Å². The maximum absolute atomic E-state index is 10.1. The molecular weight excluding hydrogens is 212 g/mol. The summed E-state index contributed by atoms with van der Waals surface area (Å²) >= 11 is 0. The normalized spacial score (nSPS) is 21.7. The van der Waals surface area contributed by atoms with Crippen LogP contribution in [0.15, 0.2) is 18.2 Å². The Labute approximate surface area is 104 Å². The number of aliphatic hydroxyl groups excluding tert-OH is 1. The van der Waals surface area contributed by atoms with Crippen LogP contribution in [0.3, 0.4) is 0 Å². The number of benzene rings is 1. The van der Waals surface area contributed by atoms with E-state index in [9.17, 15) is 5.11 Å². The molecule has 1 heterocycles. The van der Waals surface area contributed by atoms with E-state index in [1.165, 1.54) is 16.7 Å². The van der Waals surface area contributed by atoms with Crippen molar-refractivity contribution in [1.29, 1.82) is 0 Å². The second kappa shape index (κ2) is 5.65. The highest BCUT2D eigenvalue weighted by molar-refractivity contribution is 5.30. The van der Waals surface area contributed by atoms with Crippen LogP contribution < -0.4 is 0 Å². The summed E-state index contributed by atoms with van der Waals surface area (Å²) in [6, 6.07) is 6.44. The molecule has 2 heteroatoms. The lowest BCUT2D eigenvalue weighted by atomic mass is 9.95. The van der Waals surface area contributed by atoms with Crippen LogP contribution >= 0.6 is 0 Å². The molecule has 1 aliphatic rings. The van der Waals surface area contributed by atoms with Gasteiger partial charge in [0.25, 0.3) is 0 Å². The fourth-order valence-electron chi connectivity index (χ4n) is 2.44. The minimum atomic E-state index is -0.233. The molecule has 2 rings (SSSR count). The molecule has 1 aliphatic heterocycles. The Hall–Kier alpha value is -0.860. The minimum Gasteiger partial charge on any atom is -0.393 e. The van der Waals surface area contributed by atoms with Crippen LogP contribution in [0.5, 0.6) is 0 Å². The molecule has 2 unspecified atom stereocenters. The lowest BCUT2D eigenvalue weighted by Gasteiger charge is -2.15. The van der Waals surface area contributed by atoms with Gasteiger partial charge in [0.05, 0.1) is 6.10 Å². The number of aryl methyl sites for hydroxylation is 2. The van der Waals surface area contributed by atoms with Gasteiger partial charge >= 0.3 is 0 Å². The van der Waals surface area contributed by atoms with Crippen LogP contribution in [-0.2, 0) is 11.2 Å². The molecule has 94 valence electrons. The summed E-state index contributed by atoms with van der Waals surface area (Å²) < 4.78 is 5.33. The van der Waals surface area contributed by atoms with Crippen molar-refractivity contribution in [2.45, 2.75) is 39.2 Å². The highest BCUT2D eigenvalue weighted by Crippen LogP contribution is 2.20. The van der Waals surface area contributed by atoms with Gasteiger partial charge in [0.15, 0.2) is 0 Å². The molecule has 1 N–H and O–H groups in total. The van der Waals surface area contributed by atoms with Gasteiger partial charge in [-0.3, -0.25) is 0 Å². The third kappa shape index (κ3) is 3.55. The fourth-order valence-corrected chi connectivity index (χ4v) is 2.44. The summed E-state index contributed by atoms with van der Waals surface area (Å²) in [5.41, 5.74) is 3.85. The lowest BCUT2D eigenvalue weighted by Crippen LogP contribution is -2.16. The average Bonchev–Trinajstić information content (AvgIpc) is 2.76. The third-order valence-electron chi connectivity index (χ3n) is 3.67. The van der Waals surface area contributed by atoms with E-state index in [1.807, 2.05) is 0 Å². The number of ether oxygens (including phenoxy) is 1. The van der Waals surface area contributed by atoms with Crippen LogP contribution in [0.2, 0.25) is 0 Å². The number of hydrogen-bond acceptors (Lipinski definition) is 2. The topological polar surface area (TPSA) is 29.5 Å². The molecular formula is C15H22O2. The van der Waals surface area contributed by atoms with E-state index in [4.69, 9.17) is 4.74 Å². The maximum atomic E-state index is 10.1. The molecule has 2 atom stereocenters. The van der Waals surface area contributed by atoms with Crippen molar-refractivity contribution >= 4 is 0 Å². The number of rotatable bonds is 4. The van der Waals surface area contributed by atoms with E-state index in [0.717, 1.165) is 32.5 Å². The molecule has 0 aliphatic carbocycles. The predicted octanol–water partition coefficient (Wildman–Crippen LogP) is 2.63. The quantitative estimate of drug-likeness (QED) is 0.868. The fraction of sp³-hybridized carbons (Fsp3) is 0.600. The number of hydrogen-bond donors (Lipinski definition) is 1. The van der Waals surface area contributed by atoms with E-state index in [-0.39, 0.29) is 6.10 Å². The first-order valence-corrected chi connectivity index (χ1v) is 6.47. The van der Waals surface area contributed by atoms with Gasteiger partial charge in [-0.1, -0.05) is 18.2 Å². The van der Waals surface area contributed by atoms with E-state index in [1.54, 1.807) is 0 Å². The van der Waals surface area contributed by atoms with Gasteiger partial charge in [0.1, 0.15) is 0 Å². The minimum absolute atomic E-state index is 0.233. The average molecular weight is 234 g/mol.